The minimum Gasteiger partial charge on any atom is -0.380 e. The Bertz CT molecular complexity index is 425. The van der Waals surface area contributed by atoms with Crippen LogP contribution in [0.5, 0.6) is 0 Å². The van der Waals surface area contributed by atoms with Gasteiger partial charge in [-0.3, -0.25) is 4.90 Å². The molecule has 0 spiro atoms. The third kappa shape index (κ3) is 3.49. The van der Waals surface area contributed by atoms with Crippen LogP contribution < -0.4 is 0 Å². The molecule has 0 aliphatic carbocycles. The van der Waals surface area contributed by atoms with Crippen molar-refractivity contribution < 1.29 is 13.5 Å². The molecule has 0 N–H and O–H groups in total. The van der Waals surface area contributed by atoms with Crippen LogP contribution in [0.3, 0.4) is 0 Å². The summed E-state index contributed by atoms with van der Waals surface area (Å²) in [6, 6.07) is 5.90. The Labute approximate surface area is 114 Å². The zero-order valence-electron chi connectivity index (χ0n) is 10.3. The number of nitrogens with zero attached hydrogens (tertiary/aromatic N) is 1. The first kappa shape index (κ1) is 13.9. The number of likely N-dealkylation sites (tertiary alicyclic amines) is 1. The molecule has 5 heteroatoms. The van der Waals surface area contributed by atoms with Gasteiger partial charge in [-0.05, 0) is 17.2 Å². The molecule has 1 heterocycles. The van der Waals surface area contributed by atoms with Crippen LogP contribution in [0, 0.1) is 0 Å². The van der Waals surface area contributed by atoms with E-state index < -0.39 is 5.92 Å². The molecule has 2 rings (SSSR count). The molecule has 0 saturated carbocycles. The summed E-state index contributed by atoms with van der Waals surface area (Å²) in [5, 5.41) is 0. The molecule has 0 atom stereocenters. The number of halogens is 3. The van der Waals surface area contributed by atoms with Crippen LogP contribution in [-0.4, -0.2) is 31.0 Å². The van der Waals surface area contributed by atoms with Crippen LogP contribution >= 0.6 is 15.9 Å². The summed E-state index contributed by atoms with van der Waals surface area (Å²) < 4.78 is 32.3. The largest absolute Gasteiger partial charge is 0.380 e. The van der Waals surface area contributed by atoms with Gasteiger partial charge in [0.2, 0.25) is 0 Å². The van der Waals surface area contributed by atoms with Crippen LogP contribution in [0.1, 0.15) is 17.5 Å². The summed E-state index contributed by atoms with van der Waals surface area (Å²) in [6.07, 6.45) is -0.0333. The number of hydrogen-bond acceptors (Lipinski definition) is 2. The molecular weight excluding hydrogens is 304 g/mol. The Morgan fingerprint density at radius 1 is 1.44 bits per heavy atom. The van der Waals surface area contributed by atoms with Gasteiger partial charge in [0.05, 0.1) is 13.2 Å². The lowest BCUT2D eigenvalue weighted by molar-refractivity contribution is 0.0115. The second kappa shape index (κ2) is 5.63. The standard InChI is InChI=1S/C13H16BrF2NO/c1-18-8-11-6-10(2-3-12(11)14)7-17-5-4-13(15,16)9-17/h2-3,6H,4-5,7-9H2,1H3. The third-order valence-corrected chi connectivity index (χ3v) is 3.84. The van der Waals surface area contributed by atoms with Crippen molar-refractivity contribution in [3.05, 3.63) is 33.8 Å². The Morgan fingerprint density at radius 3 is 2.83 bits per heavy atom. The number of rotatable bonds is 4. The van der Waals surface area contributed by atoms with Gasteiger partial charge in [-0.1, -0.05) is 28.1 Å². The minimum absolute atomic E-state index is 0.0333. The van der Waals surface area contributed by atoms with Crippen LogP contribution in [0.2, 0.25) is 0 Å². The highest BCUT2D eigenvalue weighted by molar-refractivity contribution is 9.10. The molecule has 100 valence electrons. The summed E-state index contributed by atoms with van der Waals surface area (Å²) in [6.45, 7) is 1.41. The highest BCUT2D eigenvalue weighted by Gasteiger charge is 2.37. The molecule has 1 aliphatic rings. The molecule has 18 heavy (non-hydrogen) atoms. The summed E-state index contributed by atoms with van der Waals surface area (Å²) in [4.78, 5) is 1.79. The normalized spacial score (nSPS) is 19.3. The molecule has 1 fully saturated rings. The Balaban J connectivity index is 2.04. The Hall–Kier alpha value is -0.520. The summed E-state index contributed by atoms with van der Waals surface area (Å²) in [5.41, 5.74) is 2.09. The van der Waals surface area contributed by atoms with Gasteiger partial charge < -0.3 is 4.74 Å². The predicted molar refractivity (Wildman–Crippen MR) is 69.7 cm³/mol. The lowest BCUT2D eigenvalue weighted by atomic mass is 10.1. The van der Waals surface area contributed by atoms with Gasteiger partial charge in [-0.25, -0.2) is 8.78 Å². The topological polar surface area (TPSA) is 12.5 Å². The van der Waals surface area contributed by atoms with E-state index in [1.165, 1.54) is 0 Å². The van der Waals surface area contributed by atoms with E-state index in [0.29, 0.717) is 19.7 Å². The summed E-state index contributed by atoms with van der Waals surface area (Å²) in [5.74, 6) is -2.52. The van der Waals surface area contributed by atoms with Crippen molar-refractivity contribution in [1.29, 1.82) is 0 Å². The minimum atomic E-state index is -2.52. The fourth-order valence-corrected chi connectivity index (χ4v) is 2.55. The third-order valence-electron chi connectivity index (χ3n) is 3.06. The van der Waals surface area contributed by atoms with Crippen molar-refractivity contribution >= 4 is 15.9 Å². The molecular formula is C13H16BrF2NO. The van der Waals surface area contributed by atoms with E-state index in [0.717, 1.165) is 15.6 Å². The van der Waals surface area contributed by atoms with Gasteiger partial charge in [-0.15, -0.1) is 0 Å². The predicted octanol–water partition coefficient (Wildman–Crippen LogP) is 3.44. The molecule has 0 unspecified atom stereocenters. The van der Waals surface area contributed by atoms with E-state index in [9.17, 15) is 8.78 Å². The summed E-state index contributed by atoms with van der Waals surface area (Å²) in [7, 11) is 1.64. The first-order valence-corrected chi connectivity index (χ1v) is 6.66. The van der Waals surface area contributed by atoms with Crippen LogP contribution in [-0.2, 0) is 17.9 Å². The van der Waals surface area contributed by atoms with Crippen molar-refractivity contribution in [1.82, 2.24) is 4.90 Å². The van der Waals surface area contributed by atoms with Gasteiger partial charge in [0.25, 0.3) is 5.92 Å². The summed E-state index contributed by atoms with van der Waals surface area (Å²) >= 11 is 3.45. The van der Waals surface area contributed by atoms with E-state index in [-0.39, 0.29) is 13.0 Å². The average molecular weight is 320 g/mol. The van der Waals surface area contributed by atoms with Crippen molar-refractivity contribution in [3.63, 3.8) is 0 Å². The van der Waals surface area contributed by atoms with Crippen LogP contribution in [0.4, 0.5) is 8.78 Å². The lowest BCUT2D eigenvalue weighted by Gasteiger charge is -2.16. The molecule has 0 amide bonds. The first-order chi connectivity index (χ1) is 8.50. The van der Waals surface area contributed by atoms with Crippen molar-refractivity contribution in [2.75, 3.05) is 20.2 Å². The van der Waals surface area contributed by atoms with Gasteiger partial charge in [0, 0.05) is 31.1 Å². The fourth-order valence-electron chi connectivity index (χ4n) is 2.19. The monoisotopic (exact) mass is 319 g/mol. The van der Waals surface area contributed by atoms with E-state index in [1.807, 2.05) is 18.2 Å². The fraction of sp³-hybridized carbons (Fsp3) is 0.538. The maximum absolute atomic E-state index is 13.1. The van der Waals surface area contributed by atoms with Crippen molar-refractivity contribution in [3.8, 4) is 0 Å². The molecule has 1 aliphatic heterocycles. The number of methoxy groups -OCH3 is 1. The van der Waals surface area contributed by atoms with Gasteiger partial charge in [-0.2, -0.15) is 0 Å². The molecule has 1 aromatic carbocycles. The van der Waals surface area contributed by atoms with E-state index in [1.54, 1.807) is 12.0 Å². The van der Waals surface area contributed by atoms with Crippen LogP contribution in [0.25, 0.3) is 0 Å². The molecule has 0 aromatic heterocycles. The second-order valence-electron chi connectivity index (χ2n) is 4.68. The highest BCUT2D eigenvalue weighted by Crippen LogP contribution is 2.28. The Kier molecular flexibility index (Phi) is 4.35. The number of ether oxygens (including phenoxy) is 1. The number of hydrogen-bond donors (Lipinski definition) is 0. The van der Waals surface area contributed by atoms with Crippen LogP contribution in [0.15, 0.2) is 22.7 Å². The van der Waals surface area contributed by atoms with Crippen molar-refractivity contribution in [2.24, 2.45) is 0 Å². The Morgan fingerprint density at radius 2 is 2.22 bits per heavy atom. The number of alkyl halides is 2. The highest BCUT2D eigenvalue weighted by atomic mass is 79.9. The first-order valence-electron chi connectivity index (χ1n) is 5.86. The smallest absolute Gasteiger partial charge is 0.261 e. The molecule has 0 radical (unpaired) electrons. The second-order valence-corrected chi connectivity index (χ2v) is 5.53. The van der Waals surface area contributed by atoms with Crippen molar-refractivity contribution in [2.45, 2.75) is 25.5 Å². The average Bonchev–Trinajstić information content (AvgIpc) is 2.63. The zero-order chi connectivity index (χ0) is 13.2. The van der Waals surface area contributed by atoms with Gasteiger partial charge in [0.15, 0.2) is 0 Å². The molecule has 1 aromatic rings. The molecule has 1 saturated heterocycles. The lowest BCUT2D eigenvalue weighted by Crippen LogP contribution is -2.24. The van der Waals surface area contributed by atoms with Gasteiger partial charge in [0.1, 0.15) is 0 Å². The zero-order valence-corrected chi connectivity index (χ0v) is 11.8. The maximum Gasteiger partial charge on any atom is 0.261 e. The number of benzene rings is 1. The van der Waals surface area contributed by atoms with E-state index >= 15 is 0 Å². The van der Waals surface area contributed by atoms with Gasteiger partial charge >= 0.3 is 0 Å². The SMILES string of the molecule is COCc1cc(CN2CCC(F)(F)C2)ccc1Br. The van der Waals surface area contributed by atoms with E-state index in [4.69, 9.17) is 4.74 Å². The maximum atomic E-state index is 13.1. The van der Waals surface area contributed by atoms with E-state index in [2.05, 4.69) is 15.9 Å². The molecule has 2 nitrogen and oxygen atoms in total. The quantitative estimate of drug-likeness (QED) is 0.843. The molecule has 0 bridgehead atoms.